The molecule has 0 unspecified atom stereocenters. The standard InChI is InChI=1S/C21H30N2O4/c1-3-4-12-22-14-21(11-9-18(22)24)10-6-13-23(15-21)20(26)16-7-5-8-17(27-2)19(16)25/h5,7-8,25H,3-4,6,9-15H2,1-2H3/t21-/m0/s1. The van der Waals surface area contributed by atoms with E-state index in [0.717, 1.165) is 45.2 Å². The van der Waals surface area contributed by atoms with Crippen LogP contribution in [-0.4, -0.2) is 60.0 Å². The number of likely N-dealkylation sites (tertiary alicyclic amines) is 2. The Balaban J connectivity index is 1.76. The van der Waals surface area contributed by atoms with Crippen molar-refractivity contribution < 1.29 is 19.4 Å². The number of carbonyl (C=O) groups excluding carboxylic acids is 2. The first-order valence-corrected chi connectivity index (χ1v) is 9.93. The van der Waals surface area contributed by atoms with Gasteiger partial charge in [-0.05, 0) is 37.8 Å². The molecule has 0 saturated carbocycles. The van der Waals surface area contributed by atoms with Crippen LogP contribution in [0.25, 0.3) is 0 Å². The third-order valence-corrected chi connectivity index (χ3v) is 5.93. The number of hydrogen-bond donors (Lipinski definition) is 1. The molecule has 27 heavy (non-hydrogen) atoms. The molecule has 1 N–H and O–H groups in total. The predicted molar refractivity (Wildman–Crippen MR) is 103 cm³/mol. The summed E-state index contributed by atoms with van der Waals surface area (Å²) in [5.74, 6) is 0.278. The molecule has 1 aromatic rings. The molecule has 148 valence electrons. The lowest BCUT2D eigenvalue weighted by molar-refractivity contribution is -0.139. The van der Waals surface area contributed by atoms with E-state index in [1.54, 1.807) is 18.2 Å². The van der Waals surface area contributed by atoms with Gasteiger partial charge in [-0.25, -0.2) is 0 Å². The summed E-state index contributed by atoms with van der Waals surface area (Å²) in [5.41, 5.74) is 0.255. The van der Waals surface area contributed by atoms with Crippen molar-refractivity contribution in [3.8, 4) is 11.5 Å². The summed E-state index contributed by atoms with van der Waals surface area (Å²) >= 11 is 0. The van der Waals surface area contributed by atoms with Crippen molar-refractivity contribution in [2.45, 2.75) is 45.4 Å². The number of benzene rings is 1. The molecule has 1 spiro atoms. The van der Waals surface area contributed by atoms with Crippen molar-refractivity contribution in [3.63, 3.8) is 0 Å². The van der Waals surface area contributed by atoms with Crippen molar-refractivity contribution in [1.82, 2.24) is 9.80 Å². The van der Waals surface area contributed by atoms with Gasteiger partial charge in [0.2, 0.25) is 5.91 Å². The van der Waals surface area contributed by atoms with Gasteiger partial charge in [-0.2, -0.15) is 0 Å². The van der Waals surface area contributed by atoms with E-state index in [1.807, 2.05) is 9.80 Å². The maximum absolute atomic E-state index is 13.1. The number of phenolic OH excluding ortho intramolecular Hbond substituents is 1. The van der Waals surface area contributed by atoms with Crippen molar-refractivity contribution in [2.75, 3.05) is 33.3 Å². The Morgan fingerprint density at radius 2 is 2.11 bits per heavy atom. The van der Waals surface area contributed by atoms with E-state index in [-0.39, 0.29) is 28.5 Å². The normalized spacial score (nSPS) is 23.0. The van der Waals surface area contributed by atoms with Crippen LogP contribution in [0.15, 0.2) is 18.2 Å². The molecule has 6 heteroatoms. The van der Waals surface area contributed by atoms with Crippen LogP contribution in [-0.2, 0) is 4.79 Å². The molecular weight excluding hydrogens is 344 g/mol. The lowest BCUT2D eigenvalue weighted by atomic mass is 9.73. The number of amides is 2. The number of rotatable bonds is 5. The topological polar surface area (TPSA) is 70.1 Å². The molecule has 0 bridgehead atoms. The number of methoxy groups -OCH3 is 1. The molecule has 2 aliphatic rings. The zero-order valence-electron chi connectivity index (χ0n) is 16.4. The first kappa shape index (κ1) is 19.5. The smallest absolute Gasteiger partial charge is 0.257 e. The zero-order chi connectivity index (χ0) is 19.4. The SMILES string of the molecule is CCCCN1C[C@]2(CCCN(C(=O)c3cccc(OC)c3O)C2)CCC1=O. The number of hydrogen-bond acceptors (Lipinski definition) is 4. The van der Waals surface area contributed by atoms with Crippen LogP contribution in [0.2, 0.25) is 0 Å². The Morgan fingerprint density at radius 1 is 1.30 bits per heavy atom. The lowest BCUT2D eigenvalue weighted by Gasteiger charge is -2.48. The average Bonchev–Trinajstić information content (AvgIpc) is 2.69. The van der Waals surface area contributed by atoms with Gasteiger partial charge in [0.1, 0.15) is 0 Å². The van der Waals surface area contributed by atoms with Crippen LogP contribution in [0.4, 0.5) is 0 Å². The molecule has 2 fully saturated rings. The highest BCUT2D eigenvalue weighted by Gasteiger charge is 2.42. The average molecular weight is 374 g/mol. The van der Waals surface area contributed by atoms with E-state index in [1.165, 1.54) is 7.11 Å². The summed E-state index contributed by atoms with van der Waals surface area (Å²) < 4.78 is 5.13. The van der Waals surface area contributed by atoms with Gasteiger partial charge in [0.15, 0.2) is 11.5 Å². The quantitative estimate of drug-likeness (QED) is 0.860. The fraction of sp³-hybridized carbons (Fsp3) is 0.619. The Morgan fingerprint density at radius 3 is 2.85 bits per heavy atom. The number of carbonyl (C=O) groups is 2. The molecule has 2 heterocycles. The predicted octanol–water partition coefficient (Wildman–Crippen LogP) is 3.05. The van der Waals surface area contributed by atoms with Gasteiger partial charge in [-0.15, -0.1) is 0 Å². The van der Waals surface area contributed by atoms with Crippen LogP contribution in [0.1, 0.15) is 55.8 Å². The van der Waals surface area contributed by atoms with Crippen LogP contribution >= 0.6 is 0 Å². The van der Waals surface area contributed by atoms with Crippen LogP contribution in [0.5, 0.6) is 11.5 Å². The molecule has 3 rings (SSSR count). The molecule has 0 radical (unpaired) electrons. The molecule has 2 amide bonds. The third-order valence-electron chi connectivity index (χ3n) is 5.93. The van der Waals surface area contributed by atoms with E-state index in [0.29, 0.717) is 25.3 Å². The zero-order valence-corrected chi connectivity index (χ0v) is 16.4. The maximum Gasteiger partial charge on any atom is 0.257 e. The van der Waals surface area contributed by atoms with Gasteiger partial charge in [-0.3, -0.25) is 9.59 Å². The van der Waals surface area contributed by atoms with Crippen LogP contribution in [0, 0.1) is 5.41 Å². The number of unbranched alkanes of at least 4 members (excludes halogenated alkanes) is 1. The summed E-state index contributed by atoms with van der Waals surface area (Å²) in [5, 5.41) is 10.3. The van der Waals surface area contributed by atoms with Gasteiger partial charge in [-0.1, -0.05) is 19.4 Å². The minimum atomic E-state index is -0.164. The van der Waals surface area contributed by atoms with Gasteiger partial charge in [0.05, 0.1) is 12.7 Å². The Bertz CT molecular complexity index is 705. The molecule has 2 saturated heterocycles. The summed E-state index contributed by atoms with van der Waals surface area (Å²) in [7, 11) is 1.48. The van der Waals surface area contributed by atoms with E-state index in [4.69, 9.17) is 4.74 Å². The Labute approximate surface area is 161 Å². The summed E-state index contributed by atoms with van der Waals surface area (Å²) in [6.07, 6.45) is 5.44. The second-order valence-corrected chi connectivity index (χ2v) is 7.86. The second kappa shape index (κ2) is 8.19. The molecule has 6 nitrogen and oxygen atoms in total. The molecule has 1 atom stereocenters. The van der Waals surface area contributed by atoms with E-state index in [9.17, 15) is 14.7 Å². The molecule has 0 aliphatic carbocycles. The summed E-state index contributed by atoms with van der Waals surface area (Å²) in [4.78, 5) is 29.2. The number of nitrogens with zero attached hydrogens (tertiary/aromatic N) is 2. The summed E-state index contributed by atoms with van der Waals surface area (Å²) in [6, 6.07) is 5.00. The molecule has 2 aliphatic heterocycles. The number of para-hydroxylation sites is 1. The highest BCUT2D eigenvalue weighted by atomic mass is 16.5. The minimum Gasteiger partial charge on any atom is -0.504 e. The highest BCUT2D eigenvalue weighted by molar-refractivity contribution is 5.97. The third kappa shape index (κ3) is 4.04. The number of phenols is 1. The van der Waals surface area contributed by atoms with E-state index < -0.39 is 0 Å². The first-order chi connectivity index (χ1) is 13.0. The van der Waals surface area contributed by atoms with Gasteiger partial charge >= 0.3 is 0 Å². The Kier molecular flexibility index (Phi) is 5.92. The largest absolute Gasteiger partial charge is 0.504 e. The lowest BCUT2D eigenvalue weighted by Crippen LogP contribution is -2.55. The Hall–Kier alpha value is -2.24. The molecule has 1 aromatic carbocycles. The van der Waals surface area contributed by atoms with Crippen molar-refractivity contribution in [1.29, 1.82) is 0 Å². The number of aromatic hydroxyl groups is 1. The van der Waals surface area contributed by atoms with Gasteiger partial charge in [0.25, 0.3) is 5.91 Å². The first-order valence-electron chi connectivity index (χ1n) is 9.93. The fourth-order valence-corrected chi connectivity index (χ4v) is 4.40. The van der Waals surface area contributed by atoms with Crippen molar-refractivity contribution in [2.24, 2.45) is 5.41 Å². The van der Waals surface area contributed by atoms with E-state index in [2.05, 4.69) is 6.92 Å². The van der Waals surface area contributed by atoms with Gasteiger partial charge < -0.3 is 19.6 Å². The highest BCUT2D eigenvalue weighted by Crippen LogP contribution is 2.40. The molecule has 0 aromatic heterocycles. The van der Waals surface area contributed by atoms with Crippen molar-refractivity contribution in [3.05, 3.63) is 23.8 Å². The minimum absolute atomic E-state index is 0.0238. The number of piperidine rings is 2. The maximum atomic E-state index is 13.1. The van der Waals surface area contributed by atoms with E-state index >= 15 is 0 Å². The monoisotopic (exact) mass is 374 g/mol. The second-order valence-electron chi connectivity index (χ2n) is 7.86. The van der Waals surface area contributed by atoms with Crippen molar-refractivity contribution >= 4 is 11.8 Å². The molecular formula is C21H30N2O4. The summed E-state index contributed by atoms with van der Waals surface area (Å²) in [6.45, 7) is 4.99. The van der Waals surface area contributed by atoms with Gasteiger partial charge in [0, 0.05) is 38.0 Å². The fourth-order valence-electron chi connectivity index (χ4n) is 4.40. The number of ether oxygens (including phenoxy) is 1. The van der Waals surface area contributed by atoms with Crippen LogP contribution in [0.3, 0.4) is 0 Å². The van der Waals surface area contributed by atoms with Crippen LogP contribution < -0.4 is 4.74 Å².